The van der Waals surface area contributed by atoms with Crippen LogP contribution in [0.15, 0.2) is 64.2 Å². The Morgan fingerprint density at radius 2 is 1.75 bits per heavy atom. The minimum absolute atomic E-state index is 0.0560. The van der Waals surface area contributed by atoms with Crippen molar-refractivity contribution in [2.75, 3.05) is 13.1 Å². The fourth-order valence-corrected chi connectivity index (χ4v) is 3.21. The molecule has 3 N–H and O–H groups in total. The maximum atomic E-state index is 12.8. The summed E-state index contributed by atoms with van der Waals surface area (Å²) in [4.78, 5) is 41.2. The van der Waals surface area contributed by atoms with E-state index in [1.165, 1.54) is 4.57 Å². The number of nitrogens with two attached hydrogens (primary N) is 1. The van der Waals surface area contributed by atoms with Gasteiger partial charge in [-0.1, -0.05) is 42.5 Å². The standard InChI is InChI=1S/C21H24N4O3/c22-12-6-13-24(15-16-7-2-1-3-8-16)19(26)11-14-25-18-10-5-4-9-17(18)20(27)23-21(25)28/h1-5,7-10H,6,11-15,22H2,(H,23,27,28). The van der Waals surface area contributed by atoms with Crippen LogP contribution in [0.25, 0.3) is 10.9 Å². The Morgan fingerprint density at radius 3 is 2.50 bits per heavy atom. The first-order valence-corrected chi connectivity index (χ1v) is 9.34. The molecule has 1 amide bonds. The van der Waals surface area contributed by atoms with E-state index in [0.29, 0.717) is 37.0 Å². The summed E-state index contributed by atoms with van der Waals surface area (Å²) in [5, 5.41) is 0.429. The summed E-state index contributed by atoms with van der Waals surface area (Å²) in [6, 6.07) is 16.6. The lowest BCUT2D eigenvalue weighted by Gasteiger charge is -2.23. The van der Waals surface area contributed by atoms with Crippen LogP contribution in [0.2, 0.25) is 0 Å². The number of hydrogen-bond donors (Lipinski definition) is 2. The fourth-order valence-electron chi connectivity index (χ4n) is 3.21. The van der Waals surface area contributed by atoms with Gasteiger partial charge in [0.2, 0.25) is 5.91 Å². The number of amides is 1. The van der Waals surface area contributed by atoms with E-state index in [0.717, 1.165) is 5.56 Å². The number of benzene rings is 2. The normalized spacial score (nSPS) is 10.9. The molecule has 0 saturated carbocycles. The molecule has 0 atom stereocenters. The lowest BCUT2D eigenvalue weighted by Crippen LogP contribution is -2.35. The molecule has 0 aliphatic rings. The van der Waals surface area contributed by atoms with E-state index in [2.05, 4.69) is 4.98 Å². The van der Waals surface area contributed by atoms with E-state index in [4.69, 9.17) is 5.73 Å². The number of para-hydroxylation sites is 1. The molecule has 0 aliphatic carbocycles. The predicted molar refractivity (Wildman–Crippen MR) is 109 cm³/mol. The number of aromatic nitrogens is 2. The topological polar surface area (TPSA) is 101 Å². The third-order valence-electron chi connectivity index (χ3n) is 4.66. The molecule has 0 fully saturated rings. The molecule has 7 heteroatoms. The molecule has 1 aromatic heterocycles. The highest BCUT2D eigenvalue weighted by atomic mass is 16.2. The van der Waals surface area contributed by atoms with Crippen molar-refractivity contribution in [1.29, 1.82) is 0 Å². The third-order valence-corrected chi connectivity index (χ3v) is 4.66. The first-order valence-electron chi connectivity index (χ1n) is 9.34. The largest absolute Gasteiger partial charge is 0.338 e. The van der Waals surface area contributed by atoms with Gasteiger partial charge >= 0.3 is 5.69 Å². The summed E-state index contributed by atoms with van der Waals surface area (Å²) in [5.74, 6) is -0.0560. The van der Waals surface area contributed by atoms with Gasteiger partial charge in [-0.25, -0.2) is 4.79 Å². The highest BCUT2D eigenvalue weighted by Gasteiger charge is 2.15. The molecule has 28 heavy (non-hydrogen) atoms. The Kier molecular flexibility index (Phi) is 6.39. The van der Waals surface area contributed by atoms with Gasteiger partial charge in [0.1, 0.15) is 0 Å². The second-order valence-corrected chi connectivity index (χ2v) is 6.62. The van der Waals surface area contributed by atoms with Crippen molar-refractivity contribution in [2.45, 2.75) is 25.9 Å². The van der Waals surface area contributed by atoms with Gasteiger partial charge in [0.25, 0.3) is 5.56 Å². The van der Waals surface area contributed by atoms with Crippen molar-refractivity contribution in [3.63, 3.8) is 0 Å². The van der Waals surface area contributed by atoms with Gasteiger partial charge in [0, 0.05) is 26.1 Å². The van der Waals surface area contributed by atoms with E-state index in [9.17, 15) is 14.4 Å². The summed E-state index contributed by atoms with van der Waals surface area (Å²) in [7, 11) is 0. The highest BCUT2D eigenvalue weighted by molar-refractivity contribution is 5.79. The number of hydrogen-bond acceptors (Lipinski definition) is 4. The van der Waals surface area contributed by atoms with Crippen LogP contribution in [0, 0.1) is 0 Å². The number of aromatic amines is 1. The van der Waals surface area contributed by atoms with Gasteiger partial charge in [-0.15, -0.1) is 0 Å². The molecule has 7 nitrogen and oxygen atoms in total. The average molecular weight is 380 g/mol. The maximum absolute atomic E-state index is 12.8. The molecule has 0 radical (unpaired) electrons. The number of H-pyrrole nitrogens is 1. The van der Waals surface area contributed by atoms with Crippen molar-refractivity contribution in [3.8, 4) is 0 Å². The molecule has 1 heterocycles. The molecular weight excluding hydrogens is 356 g/mol. The van der Waals surface area contributed by atoms with Crippen LogP contribution in [-0.4, -0.2) is 33.4 Å². The summed E-state index contributed by atoms with van der Waals surface area (Å²) >= 11 is 0. The zero-order chi connectivity index (χ0) is 19.9. The highest BCUT2D eigenvalue weighted by Crippen LogP contribution is 2.10. The summed E-state index contributed by atoms with van der Waals surface area (Å²) in [6.45, 7) is 1.76. The second kappa shape index (κ2) is 9.14. The van der Waals surface area contributed by atoms with Crippen LogP contribution >= 0.6 is 0 Å². The van der Waals surface area contributed by atoms with E-state index >= 15 is 0 Å². The molecule has 0 unspecified atom stereocenters. The fraction of sp³-hybridized carbons (Fsp3) is 0.286. The minimum Gasteiger partial charge on any atom is -0.338 e. The van der Waals surface area contributed by atoms with E-state index < -0.39 is 11.2 Å². The van der Waals surface area contributed by atoms with Crippen LogP contribution in [0.1, 0.15) is 18.4 Å². The van der Waals surface area contributed by atoms with E-state index in [1.54, 1.807) is 29.2 Å². The lowest BCUT2D eigenvalue weighted by molar-refractivity contribution is -0.132. The SMILES string of the molecule is NCCCN(Cc1ccccc1)C(=O)CCn1c(=O)[nH]c(=O)c2ccccc21. The van der Waals surface area contributed by atoms with Gasteiger partial charge in [-0.05, 0) is 30.7 Å². The van der Waals surface area contributed by atoms with Crippen molar-refractivity contribution < 1.29 is 4.79 Å². The molecule has 0 spiro atoms. The van der Waals surface area contributed by atoms with Gasteiger partial charge in [-0.3, -0.25) is 19.1 Å². The summed E-state index contributed by atoms with van der Waals surface area (Å²) < 4.78 is 1.44. The van der Waals surface area contributed by atoms with Gasteiger partial charge in [-0.2, -0.15) is 0 Å². The number of fused-ring (bicyclic) bond motifs is 1. The molecule has 3 aromatic rings. The Bertz CT molecular complexity index is 1060. The smallest absolute Gasteiger partial charge is 0.328 e. The number of carbonyl (C=O) groups excluding carboxylic acids is 1. The predicted octanol–water partition coefficient (Wildman–Crippen LogP) is 1.46. The van der Waals surface area contributed by atoms with E-state index in [1.807, 2.05) is 30.3 Å². The van der Waals surface area contributed by atoms with Crippen molar-refractivity contribution in [1.82, 2.24) is 14.5 Å². The Balaban J connectivity index is 1.78. The minimum atomic E-state index is -0.506. The third kappa shape index (κ3) is 4.55. The number of nitrogens with zero attached hydrogens (tertiary/aromatic N) is 2. The van der Waals surface area contributed by atoms with Crippen LogP contribution in [0.5, 0.6) is 0 Å². The molecule has 2 aromatic carbocycles. The average Bonchev–Trinajstić information content (AvgIpc) is 2.71. The Hall–Kier alpha value is -3.19. The van der Waals surface area contributed by atoms with Crippen LogP contribution < -0.4 is 17.0 Å². The van der Waals surface area contributed by atoms with Gasteiger partial charge in [0.15, 0.2) is 0 Å². The zero-order valence-corrected chi connectivity index (χ0v) is 15.6. The van der Waals surface area contributed by atoms with Crippen molar-refractivity contribution >= 4 is 16.8 Å². The first kappa shape index (κ1) is 19.6. The molecular formula is C21H24N4O3. The van der Waals surface area contributed by atoms with Crippen LogP contribution in [0.4, 0.5) is 0 Å². The van der Waals surface area contributed by atoms with Crippen LogP contribution in [0.3, 0.4) is 0 Å². The number of nitrogens with one attached hydrogen (secondary N) is 1. The number of aryl methyl sites for hydroxylation is 1. The molecule has 0 saturated heterocycles. The van der Waals surface area contributed by atoms with Crippen LogP contribution in [-0.2, 0) is 17.9 Å². The monoisotopic (exact) mass is 380 g/mol. The molecule has 0 aliphatic heterocycles. The van der Waals surface area contributed by atoms with E-state index in [-0.39, 0.29) is 18.9 Å². The number of rotatable bonds is 8. The quantitative estimate of drug-likeness (QED) is 0.618. The van der Waals surface area contributed by atoms with Gasteiger partial charge in [0.05, 0.1) is 10.9 Å². The Labute approximate surface area is 162 Å². The van der Waals surface area contributed by atoms with Crippen molar-refractivity contribution in [3.05, 3.63) is 81.0 Å². The second-order valence-electron chi connectivity index (χ2n) is 6.62. The summed E-state index contributed by atoms with van der Waals surface area (Å²) in [5.41, 5.74) is 6.26. The first-order chi connectivity index (χ1) is 13.6. The molecule has 3 rings (SSSR count). The number of carbonyl (C=O) groups is 1. The summed E-state index contributed by atoms with van der Waals surface area (Å²) in [6.07, 6.45) is 0.869. The molecule has 0 bridgehead atoms. The van der Waals surface area contributed by atoms with Crippen molar-refractivity contribution in [2.24, 2.45) is 5.73 Å². The Morgan fingerprint density at radius 1 is 1.04 bits per heavy atom. The molecule has 146 valence electrons. The zero-order valence-electron chi connectivity index (χ0n) is 15.6. The maximum Gasteiger partial charge on any atom is 0.328 e. The lowest BCUT2D eigenvalue weighted by atomic mass is 10.2. The van der Waals surface area contributed by atoms with Gasteiger partial charge < -0.3 is 10.6 Å².